The van der Waals surface area contributed by atoms with Crippen LogP contribution in [0.1, 0.15) is 32.8 Å². The number of halogens is 1. The lowest BCUT2D eigenvalue weighted by Gasteiger charge is -2.19. The molecule has 0 fully saturated rings. The molecule has 1 aromatic carbocycles. The SMILES string of the molecule is Cc1cc(NCCC(=O)OC(C)(C)C)ccc1F. The Morgan fingerprint density at radius 1 is 1.39 bits per heavy atom. The second-order valence-electron chi connectivity index (χ2n) is 5.23. The van der Waals surface area contributed by atoms with Gasteiger partial charge in [-0.3, -0.25) is 4.79 Å². The highest BCUT2D eigenvalue weighted by atomic mass is 19.1. The molecule has 0 amide bonds. The molecule has 1 N–H and O–H groups in total. The van der Waals surface area contributed by atoms with E-state index in [0.29, 0.717) is 12.1 Å². The summed E-state index contributed by atoms with van der Waals surface area (Å²) in [5.74, 6) is -0.471. The highest BCUT2D eigenvalue weighted by molar-refractivity contribution is 5.70. The van der Waals surface area contributed by atoms with Gasteiger partial charge in [-0.15, -0.1) is 0 Å². The van der Waals surface area contributed by atoms with E-state index >= 15 is 0 Å². The molecule has 1 rings (SSSR count). The first-order valence-corrected chi connectivity index (χ1v) is 6.00. The van der Waals surface area contributed by atoms with Gasteiger partial charge in [-0.1, -0.05) is 0 Å². The summed E-state index contributed by atoms with van der Waals surface area (Å²) in [7, 11) is 0. The fourth-order valence-electron chi connectivity index (χ4n) is 1.46. The van der Waals surface area contributed by atoms with Crippen LogP contribution in [0.3, 0.4) is 0 Å². The molecule has 0 radical (unpaired) electrons. The van der Waals surface area contributed by atoms with Crippen molar-refractivity contribution in [2.24, 2.45) is 0 Å². The molecule has 0 aliphatic heterocycles. The van der Waals surface area contributed by atoms with Crippen molar-refractivity contribution in [1.82, 2.24) is 0 Å². The third-order valence-corrected chi connectivity index (χ3v) is 2.24. The molecule has 100 valence electrons. The van der Waals surface area contributed by atoms with Gasteiger partial charge in [0.15, 0.2) is 0 Å². The molecule has 1 aromatic rings. The van der Waals surface area contributed by atoms with E-state index in [1.54, 1.807) is 19.1 Å². The van der Waals surface area contributed by atoms with Gasteiger partial charge in [-0.25, -0.2) is 4.39 Å². The summed E-state index contributed by atoms with van der Waals surface area (Å²) < 4.78 is 18.2. The molecule has 0 unspecified atom stereocenters. The summed E-state index contributed by atoms with van der Waals surface area (Å²) in [5, 5.41) is 3.06. The van der Waals surface area contributed by atoms with Crippen molar-refractivity contribution in [1.29, 1.82) is 0 Å². The molecule has 0 aliphatic carbocycles. The van der Waals surface area contributed by atoms with Crippen molar-refractivity contribution in [2.45, 2.75) is 39.7 Å². The summed E-state index contributed by atoms with van der Waals surface area (Å²) in [6.07, 6.45) is 0.285. The summed E-state index contributed by atoms with van der Waals surface area (Å²) in [6, 6.07) is 4.77. The third-order valence-electron chi connectivity index (χ3n) is 2.24. The number of rotatable bonds is 4. The molecule has 0 saturated carbocycles. The second-order valence-corrected chi connectivity index (χ2v) is 5.23. The normalized spacial score (nSPS) is 11.2. The smallest absolute Gasteiger partial charge is 0.308 e. The maximum atomic E-state index is 13.0. The van der Waals surface area contributed by atoms with E-state index in [1.807, 2.05) is 20.8 Å². The van der Waals surface area contributed by atoms with Crippen LogP contribution in [-0.2, 0) is 9.53 Å². The predicted molar refractivity (Wildman–Crippen MR) is 70.1 cm³/mol. The molecular formula is C14H20FNO2. The predicted octanol–water partition coefficient (Wildman–Crippen LogP) is 3.28. The molecule has 0 aliphatic rings. The summed E-state index contributed by atoms with van der Waals surface area (Å²) >= 11 is 0. The van der Waals surface area contributed by atoms with E-state index in [2.05, 4.69) is 5.32 Å². The number of esters is 1. The number of benzene rings is 1. The van der Waals surface area contributed by atoms with Crippen molar-refractivity contribution >= 4 is 11.7 Å². The first kappa shape index (κ1) is 14.5. The quantitative estimate of drug-likeness (QED) is 0.837. The van der Waals surface area contributed by atoms with Crippen molar-refractivity contribution in [3.63, 3.8) is 0 Å². The molecule has 3 nitrogen and oxygen atoms in total. The maximum Gasteiger partial charge on any atom is 0.308 e. The Morgan fingerprint density at radius 3 is 2.61 bits per heavy atom. The monoisotopic (exact) mass is 253 g/mol. The number of hydrogen-bond acceptors (Lipinski definition) is 3. The van der Waals surface area contributed by atoms with Crippen LogP contribution in [0, 0.1) is 12.7 Å². The van der Waals surface area contributed by atoms with Gasteiger partial charge in [0.25, 0.3) is 0 Å². The van der Waals surface area contributed by atoms with Crippen molar-refractivity contribution in [3.05, 3.63) is 29.6 Å². The highest BCUT2D eigenvalue weighted by Crippen LogP contribution is 2.14. The van der Waals surface area contributed by atoms with E-state index < -0.39 is 5.60 Å². The Kier molecular flexibility index (Phi) is 4.70. The number of anilines is 1. The topological polar surface area (TPSA) is 38.3 Å². The van der Waals surface area contributed by atoms with Crippen LogP contribution in [0.4, 0.5) is 10.1 Å². The van der Waals surface area contributed by atoms with Crippen molar-refractivity contribution in [3.8, 4) is 0 Å². The molecule has 0 heterocycles. The van der Waals surface area contributed by atoms with Crippen LogP contribution in [0.15, 0.2) is 18.2 Å². The fourth-order valence-corrected chi connectivity index (χ4v) is 1.46. The van der Waals surface area contributed by atoms with Crippen LogP contribution in [0.2, 0.25) is 0 Å². The molecular weight excluding hydrogens is 233 g/mol. The van der Waals surface area contributed by atoms with Crippen LogP contribution in [0.5, 0.6) is 0 Å². The molecule has 0 aromatic heterocycles. The minimum Gasteiger partial charge on any atom is -0.460 e. The molecule has 0 spiro atoms. The van der Waals surface area contributed by atoms with E-state index in [0.717, 1.165) is 5.69 Å². The molecule has 0 atom stereocenters. The van der Waals surface area contributed by atoms with Gasteiger partial charge in [0.1, 0.15) is 11.4 Å². The number of aryl methyl sites for hydroxylation is 1. The van der Waals surface area contributed by atoms with Crippen LogP contribution in [-0.4, -0.2) is 18.1 Å². The summed E-state index contributed by atoms with van der Waals surface area (Å²) in [4.78, 5) is 11.4. The van der Waals surface area contributed by atoms with E-state index in [1.165, 1.54) is 6.07 Å². The van der Waals surface area contributed by atoms with Crippen LogP contribution in [0.25, 0.3) is 0 Å². The van der Waals surface area contributed by atoms with E-state index in [4.69, 9.17) is 4.74 Å². The lowest BCUT2D eigenvalue weighted by Crippen LogP contribution is -2.25. The number of nitrogens with one attached hydrogen (secondary N) is 1. The maximum absolute atomic E-state index is 13.0. The molecule has 18 heavy (non-hydrogen) atoms. The Balaban J connectivity index is 2.38. The Labute approximate surface area is 107 Å². The lowest BCUT2D eigenvalue weighted by atomic mass is 10.2. The summed E-state index contributed by atoms with van der Waals surface area (Å²) in [6.45, 7) is 7.68. The Bertz CT molecular complexity index is 424. The third kappa shape index (κ3) is 5.17. The van der Waals surface area contributed by atoms with E-state index in [-0.39, 0.29) is 18.2 Å². The van der Waals surface area contributed by atoms with Crippen molar-refractivity contribution in [2.75, 3.05) is 11.9 Å². The largest absolute Gasteiger partial charge is 0.460 e. The van der Waals surface area contributed by atoms with Crippen molar-refractivity contribution < 1.29 is 13.9 Å². The van der Waals surface area contributed by atoms with Gasteiger partial charge in [0.05, 0.1) is 6.42 Å². The Hall–Kier alpha value is -1.58. The highest BCUT2D eigenvalue weighted by Gasteiger charge is 2.15. The van der Waals surface area contributed by atoms with Gasteiger partial charge < -0.3 is 10.1 Å². The molecule has 0 saturated heterocycles. The standard InChI is InChI=1S/C14H20FNO2/c1-10-9-11(5-6-12(10)15)16-8-7-13(17)18-14(2,3)4/h5-6,9,16H,7-8H2,1-4H3. The Morgan fingerprint density at radius 2 is 2.06 bits per heavy atom. The number of carbonyl (C=O) groups is 1. The zero-order valence-electron chi connectivity index (χ0n) is 11.3. The van der Waals surface area contributed by atoms with E-state index in [9.17, 15) is 9.18 Å². The van der Waals surface area contributed by atoms with Gasteiger partial charge in [0.2, 0.25) is 0 Å². The zero-order valence-corrected chi connectivity index (χ0v) is 11.3. The lowest BCUT2D eigenvalue weighted by molar-refractivity contribution is -0.154. The number of carbonyl (C=O) groups excluding carboxylic acids is 1. The summed E-state index contributed by atoms with van der Waals surface area (Å²) in [5.41, 5.74) is 0.929. The van der Waals surface area contributed by atoms with Crippen LogP contribution < -0.4 is 5.32 Å². The second kappa shape index (κ2) is 5.85. The van der Waals surface area contributed by atoms with Gasteiger partial charge in [-0.05, 0) is 51.5 Å². The number of hydrogen-bond donors (Lipinski definition) is 1. The molecule has 4 heteroatoms. The average Bonchev–Trinajstić information content (AvgIpc) is 2.20. The average molecular weight is 253 g/mol. The first-order chi connectivity index (χ1) is 8.28. The zero-order chi connectivity index (χ0) is 13.8. The van der Waals surface area contributed by atoms with Gasteiger partial charge >= 0.3 is 5.97 Å². The van der Waals surface area contributed by atoms with Gasteiger partial charge in [-0.2, -0.15) is 0 Å². The molecule has 0 bridgehead atoms. The minimum atomic E-state index is -0.455. The number of ether oxygens (including phenoxy) is 1. The van der Waals surface area contributed by atoms with Gasteiger partial charge in [0, 0.05) is 12.2 Å². The van der Waals surface area contributed by atoms with Crippen LogP contribution >= 0.6 is 0 Å². The first-order valence-electron chi connectivity index (χ1n) is 6.00. The minimum absolute atomic E-state index is 0.229. The fraction of sp³-hybridized carbons (Fsp3) is 0.500.